The summed E-state index contributed by atoms with van der Waals surface area (Å²) < 4.78 is 43.7. The summed E-state index contributed by atoms with van der Waals surface area (Å²) >= 11 is 0. The maximum Gasteiger partial charge on any atom is 0.389 e. The first kappa shape index (κ1) is 27.0. The van der Waals surface area contributed by atoms with E-state index in [0.717, 1.165) is 22.5 Å². The van der Waals surface area contributed by atoms with Crippen LogP contribution in [0.15, 0.2) is 30.3 Å². The Morgan fingerprint density at radius 2 is 1.97 bits per heavy atom. The number of aromatic nitrogens is 1. The maximum atomic E-state index is 12.8. The molecule has 0 radical (unpaired) electrons. The van der Waals surface area contributed by atoms with Gasteiger partial charge in [0.25, 0.3) is 0 Å². The van der Waals surface area contributed by atoms with Crippen molar-refractivity contribution < 1.29 is 27.8 Å². The number of hydrogen-bond donors (Lipinski definition) is 3. The number of aryl methyl sites for hydroxylation is 1. The van der Waals surface area contributed by atoms with Crippen LogP contribution in [0.5, 0.6) is 0 Å². The molecule has 2 saturated heterocycles. The second-order valence-electron chi connectivity index (χ2n) is 9.81. The second-order valence-corrected chi connectivity index (χ2v) is 9.81. The number of rotatable bonds is 7. The van der Waals surface area contributed by atoms with Crippen molar-refractivity contribution in [3.63, 3.8) is 0 Å². The number of carbonyl (C=O) groups excluding carboxylic acids is 1. The van der Waals surface area contributed by atoms with E-state index in [1.54, 1.807) is 6.07 Å². The van der Waals surface area contributed by atoms with Crippen LogP contribution in [-0.4, -0.2) is 79.2 Å². The molecule has 2 fully saturated rings. The molecule has 0 spiro atoms. The topological polar surface area (TPSA) is 90.0 Å². The summed E-state index contributed by atoms with van der Waals surface area (Å²) in [7, 11) is 0. The molecule has 0 aliphatic carbocycles. The zero-order valence-electron chi connectivity index (χ0n) is 21.1. The molecule has 2 aliphatic rings. The molecule has 11 heteroatoms. The number of nitrogens with one attached hydrogen (secondary N) is 2. The third-order valence-electron chi connectivity index (χ3n) is 6.71. The van der Waals surface area contributed by atoms with Gasteiger partial charge >= 0.3 is 12.2 Å². The van der Waals surface area contributed by atoms with E-state index in [9.17, 15) is 23.1 Å². The molecule has 0 unspecified atom stereocenters. The first-order valence-electron chi connectivity index (χ1n) is 12.6. The zero-order valence-corrected chi connectivity index (χ0v) is 21.1. The third kappa shape index (κ3) is 7.26. The average molecular weight is 522 g/mol. The van der Waals surface area contributed by atoms with Gasteiger partial charge in [0, 0.05) is 44.3 Å². The number of alkyl halides is 3. The van der Waals surface area contributed by atoms with Gasteiger partial charge in [-0.15, -0.1) is 0 Å². The molecule has 0 saturated carbocycles. The van der Waals surface area contributed by atoms with Crippen LogP contribution >= 0.6 is 0 Å². The van der Waals surface area contributed by atoms with Crippen molar-refractivity contribution in [1.82, 2.24) is 9.88 Å². The average Bonchev–Trinajstić information content (AvgIpc) is 3.32. The summed E-state index contributed by atoms with van der Waals surface area (Å²) in [5.41, 5.74) is 3.34. The molecule has 37 heavy (non-hydrogen) atoms. The number of aliphatic hydroxyl groups is 1. The Kier molecular flexibility index (Phi) is 8.43. The smallest absolute Gasteiger partial charge is 0.389 e. The van der Waals surface area contributed by atoms with Gasteiger partial charge in [0.05, 0.1) is 19.8 Å². The van der Waals surface area contributed by atoms with E-state index in [-0.39, 0.29) is 19.2 Å². The number of nitrogens with zero attached hydrogens (tertiary/aromatic N) is 3. The molecule has 202 valence electrons. The van der Waals surface area contributed by atoms with Gasteiger partial charge < -0.3 is 30.3 Å². The van der Waals surface area contributed by atoms with Crippen LogP contribution in [0.2, 0.25) is 0 Å². The minimum Gasteiger partial charge on any atom is -0.394 e. The van der Waals surface area contributed by atoms with E-state index < -0.39 is 24.5 Å². The molecule has 1 aromatic heterocycles. The van der Waals surface area contributed by atoms with Crippen molar-refractivity contribution in [3.05, 3.63) is 35.9 Å². The lowest BCUT2D eigenvalue weighted by Gasteiger charge is -2.29. The Morgan fingerprint density at radius 1 is 1.22 bits per heavy atom. The fourth-order valence-electron chi connectivity index (χ4n) is 4.72. The molecule has 3 heterocycles. The Labute approximate surface area is 214 Å². The van der Waals surface area contributed by atoms with Crippen LogP contribution in [0, 0.1) is 12.8 Å². The monoisotopic (exact) mass is 521 g/mol. The van der Waals surface area contributed by atoms with Gasteiger partial charge in [-0.05, 0) is 67.1 Å². The lowest BCUT2D eigenvalue weighted by molar-refractivity contribution is -0.143. The number of carbonyl (C=O) groups is 1. The summed E-state index contributed by atoms with van der Waals surface area (Å²) in [5.74, 6) is 0.846. The van der Waals surface area contributed by atoms with Gasteiger partial charge in [0.15, 0.2) is 0 Å². The van der Waals surface area contributed by atoms with Crippen molar-refractivity contribution in [2.24, 2.45) is 5.92 Å². The van der Waals surface area contributed by atoms with Gasteiger partial charge in [-0.2, -0.15) is 13.2 Å². The quantitative estimate of drug-likeness (QED) is 0.498. The van der Waals surface area contributed by atoms with E-state index in [4.69, 9.17) is 9.72 Å². The Morgan fingerprint density at radius 3 is 2.68 bits per heavy atom. The van der Waals surface area contributed by atoms with Gasteiger partial charge in [-0.25, -0.2) is 9.78 Å². The van der Waals surface area contributed by atoms with E-state index in [1.165, 1.54) is 4.90 Å². The predicted molar refractivity (Wildman–Crippen MR) is 137 cm³/mol. The molecule has 1 aromatic carbocycles. The molecule has 8 nitrogen and oxygen atoms in total. The number of anilines is 3. The Hall–Kier alpha value is -3.05. The van der Waals surface area contributed by atoms with Crippen molar-refractivity contribution >= 4 is 23.4 Å². The molecule has 0 bridgehead atoms. The lowest BCUT2D eigenvalue weighted by atomic mass is 10.00. The van der Waals surface area contributed by atoms with E-state index in [2.05, 4.69) is 15.5 Å². The van der Waals surface area contributed by atoms with Crippen LogP contribution in [0.1, 0.15) is 25.3 Å². The van der Waals surface area contributed by atoms with E-state index in [1.807, 2.05) is 38.1 Å². The number of morpholine rings is 1. The highest BCUT2D eigenvalue weighted by atomic mass is 19.4. The first-order valence-corrected chi connectivity index (χ1v) is 12.6. The number of ether oxygens (including phenoxy) is 1. The maximum absolute atomic E-state index is 12.8. The first-order chi connectivity index (χ1) is 17.6. The Balaban J connectivity index is 1.55. The van der Waals surface area contributed by atoms with Crippen LogP contribution in [0.4, 0.5) is 35.3 Å². The zero-order chi connectivity index (χ0) is 26.6. The predicted octanol–water partition coefficient (Wildman–Crippen LogP) is 4.49. The summed E-state index contributed by atoms with van der Waals surface area (Å²) in [6.45, 7) is 6.84. The number of urea groups is 1. The van der Waals surface area contributed by atoms with Crippen LogP contribution in [-0.2, 0) is 4.74 Å². The third-order valence-corrected chi connectivity index (χ3v) is 6.71. The number of pyridine rings is 1. The fourth-order valence-corrected chi connectivity index (χ4v) is 4.72. The fraction of sp³-hybridized carbons (Fsp3) is 0.538. The van der Waals surface area contributed by atoms with Crippen molar-refractivity contribution in [2.45, 2.75) is 38.9 Å². The highest BCUT2D eigenvalue weighted by Crippen LogP contribution is 2.33. The molecular weight excluding hydrogens is 487 g/mol. The highest BCUT2D eigenvalue weighted by molar-refractivity contribution is 5.91. The number of amides is 2. The Bertz CT molecular complexity index is 1090. The minimum atomic E-state index is -4.23. The van der Waals surface area contributed by atoms with Crippen LogP contribution < -0.4 is 15.5 Å². The van der Waals surface area contributed by atoms with E-state index in [0.29, 0.717) is 50.8 Å². The largest absolute Gasteiger partial charge is 0.394 e. The van der Waals surface area contributed by atoms with Crippen molar-refractivity contribution in [2.75, 3.05) is 61.5 Å². The minimum absolute atomic E-state index is 0.0420. The number of aliphatic hydroxyl groups excluding tert-OH is 1. The SMILES string of the molecule is Cc1ccc(NC(=O)N2CC[C@@H](CC(F)(F)F)C2)cc1-c1cc(N[C@@H](C)CO)nc(N2CCOCC2)c1. The van der Waals surface area contributed by atoms with Gasteiger partial charge in [-0.1, -0.05) is 6.07 Å². The summed E-state index contributed by atoms with van der Waals surface area (Å²) in [6, 6.07) is 8.88. The summed E-state index contributed by atoms with van der Waals surface area (Å²) in [4.78, 5) is 21.1. The summed E-state index contributed by atoms with van der Waals surface area (Å²) in [6.07, 6.45) is -4.75. The lowest BCUT2D eigenvalue weighted by Crippen LogP contribution is -2.37. The van der Waals surface area contributed by atoms with Crippen LogP contribution in [0.25, 0.3) is 11.1 Å². The number of likely N-dealkylation sites (tertiary alicyclic amines) is 1. The molecule has 4 rings (SSSR count). The number of halogens is 3. The van der Waals surface area contributed by atoms with E-state index >= 15 is 0 Å². The normalized spacial score (nSPS) is 19.1. The van der Waals surface area contributed by atoms with Gasteiger partial charge in [-0.3, -0.25) is 0 Å². The molecule has 2 atom stereocenters. The standard InChI is InChI=1S/C26H34F3N5O3/c1-17-3-4-21(31-25(36)34-6-5-19(15-34)14-26(27,28)29)13-22(17)20-11-23(30-18(2)16-35)32-24(12-20)33-7-9-37-10-8-33/h3-4,11-13,18-19,35H,5-10,14-16H2,1-2H3,(H,30,32)(H,31,36)/t18-,19-/m0/s1. The number of benzene rings is 1. The summed E-state index contributed by atoms with van der Waals surface area (Å²) in [5, 5.41) is 15.6. The van der Waals surface area contributed by atoms with Crippen molar-refractivity contribution in [3.8, 4) is 11.1 Å². The molecule has 3 N–H and O–H groups in total. The highest BCUT2D eigenvalue weighted by Gasteiger charge is 2.36. The molecular formula is C26H34F3N5O3. The number of hydrogen-bond acceptors (Lipinski definition) is 6. The van der Waals surface area contributed by atoms with Gasteiger partial charge in [0.1, 0.15) is 11.6 Å². The van der Waals surface area contributed by atoms with Gasteiger partial charge in [0.2, 0.25) is 0 Å². The van der Waals surface area contributed by atoms with Crippen LogP contribution in [0.3, 0.4) is 0 Å². The molecule has 2 aliphatic heterocycles. The second kappa shape index (κ2) is 11.6. The van der Waals surface area contributed by atoms with Crippen molar-refractivity contribution in [1.29, 1.82) is 0 Å². The molecule has 2 amide bonds. The molecule has 2 aromatic rings.